The van der Waals surface area contributed by atoms with Crippen molar-refractivity contribution in [1.29, 1.82) is 0 Å². The van der Waals surface area contributed by atoms with E-state index in [9.17, 15) is 9.59 Å². The Balaban J connectivity index is 1.18. The summed E-state index contributed by atoms with van der Waals surface area (Å²) in [5, 5.41) is 10.2. The first-order valence-corrected chi connectivity index (χ1v) is 11.3. The monoisotopic (exact) mass is 429 g/mol. The van der Waals surface area contributed by atoms with Crippen LogP contribution >= 0.6 is 0 Å². The number of H-pyrrole nitrogens is 1. The molecule has 1 aromatic heterocycles. The van der Waals surface area contributed by atoms with Gasteiger partial charge in [-0.1, -0.05) is 18.2 Å². The van der Waals surface area contributed by atoms with Crippen molar-refractivity contribution < 1.29 is 9.59 Å². The van der Waals surface area contributed by atoms with E-state index in [2.05, 4.69) is 20.4 Å². The molecular weight excluding hydrogens is 402 g/mol. The molecule has 32 heavy (non-hydrogen) atoms. The predicted octanol–water partition coefficient (Wildman–Crippen LogP) is 3.50. The highest BCUT2D eigenvalue weighted by molar-refractivity contribution is 6.04. The molecule has 0 unspecified atom stereocenters. The number of aromatic amines is 1. The van der Waals surface area contributed by atoms with Crippen molar-refractivity contribution in [3.8, 4) is 0 Å². The maximum atomic E-state index is 12.7. The van der Waals surface area contributed by atoms with E-state index in [1.165, 1.54) is 0 Å². The SMILES string of the molecule is O=C(Nc1ccc(N2CCN(C(=O)c3ccccc3)CC2)cc1)c1n[nH]c2c1CCCC2. The van der Waals surface area contributed by atoms with Gasteiger partial charge in [-0.3, -0.25) is 14.7 Å². The number of rotatable bonds is 4. The normalized spacial score (nSPS) is 15.9. The number of carbonyl (C=O) groups excluding carboxylic acids is 2. The Kier molecular flexibility index (Phi) is 5.62. The lowest BCUT2D eigenvalue weighted by Gasteiger charge is -2.36. The van der Waals surface area contributed by atoms with E-state index in [1.54, 1.807) is 0 Å². The summed E-state index contributed by atoms with van der Waals surface area (Å²) < 4.78 is 0. The molecule has 0 spiro atoms. The van der Waals surface area contributed by atoms with Crippen molar-refractivity contribution in [3.63, 3.8) is 0 Å². The van der Waals surface area contributed by atoms with Gasteiger partial charge in [0.15, 0.2) is 5.69 Å². The van der Waals surface area contributed by atoms with Gasteiger partial charge in [0, 0.05) is 54.4 Å². The summed E-state index contributed by atoms with van der Waals surface area (Å²) >= 11 is 0. The molecule has 1 aliphatic carbocycles. The molecule has 2 heterocycles. The minimum Gasteiger partial charge on any atom is -0.368 e. The van der Waals surface area contributed by atoms with E-state index in [4.69, 9.17) is 0 Å². The summed E-state index contributed by atoms with van der Waals surface area (Å²) in [6, 6.07) is 17.3. The lowest BCUT2D eigenvalue weighted by atomic mass is 9.96. The molecular formula is C25H27N5O2. The van der Waals surface area contributed by atoms with Gasteiger partial charge >= 0.3 is 0 Å². The predicted molar refractivity (Wildman–Crippen MR) is 124 cm³/mol. The topological polar surface area (TPSA) is 81.3 Å². The summed E-state index contributed by atoms with van der Waals surface area (Å²) in [5.74, 6) is -0.0750. The zero-order chi connectivity index (χ0) is 21.9. The number of hydrogen-bond acceptors (Lipinski definition) is 4. The Morgan fingerprint density at radius 3 is 2.34 bits per heavy atom. The zero-order valence-corrected chi connectivity index (χ0v) is 18.0. The number of nitrogens with zero attached hydrogens (tertiary/aromatic N) is 3. The second kappa shape index (κ2) is 8.86. The van der Waals surface area contributed by atoms with Gasteiger partial charge in [-0.25, -0.2) is 0 Å². The van der Waals surface area contributed by atoms with Crippen LogP contribution in [0, 0.1) is 0 Å². The second-order valence-electron chi connectivity index (χ2n) is 8.38. The van der Waals surface area contributed by atoms with Gasteiger partial charge in [0.2, 0.25) is 0 Å². The third-order valence-electron chi connectivity index (χ3n) is 6.35. The lowest BCUT2D eigenvalue weighted by Crippen LogP contribution is -2.48. The highest BCUT2D eigenvalue weighted by Gasteiger charge is 2.23. The standard InChI is InChI=1S/C25H27N5O2/c31-24(23-21-8-4-5-9-22(21)27-28-23)26-19-10-12-20(13-11-19)29-14-16-30(17-15-29)25(32)18-6-2-1-3-7-18/h1-3,6-7,10-13H,4-5,8-9,14-17H2,(H,26,31)(H,27,28). The number of piperazine rings is 1. The molecule has 164 valence electrons. The summed E-state index contributed by atoms with van der Waals surface area (Å²) in [4.78, 5) is 29.5. The number of carbonyl (C=O) groups is 2. The maximum absolute atomic E-state index is 12.7. The molecule has 7 heteroatoms. The number of aryl methyl sites for hydroxylation is 1. The van der Waals surface area contributed by atoms with Gasteiger partial charge in [0.1, 0.15) is 0 Å². The average Bonchev–Trinajstić information content (AvgIpc) is 3.29. The largest absolute Gasteiger partial charge is 0.368 e. The minimum atomic E-state index is -0.162. The van der Waals surface area contributed by atoms with Crippen molar-refractivity contribution in [2.24, 2.45) is 0 Å². The number of nitrogens with one attached hydrogen (secondary N) is 2. The minimum absolute atomic E-state index is 0.0869. The Labute approximate surface area is 187 Å². The molecule has 2 N–H and O–H groups in total. The van der Waals surface area contributed by atoms with E-state index >= 15 is 0 Å². The molecule has 3 aromatic rings. The van der Waals surface area contributed by atoms with Crippen molar-refractivity contribution >= 4 is 23.2 Å². The Morgan fingerprint density at radius 2 is 1.59 bits per heavy atom. The number of benzene rings is 2. The van der Waals surface area contributed by atoms with Crippen LogP contribution in [0.2, 0.25) is 0 Å². The van der Waals surface area contributed by atoms with Gasteiger partial charge in [0.05, 0.1) is 0 Å². The van der Waals surface area contributed by atoms with E-state index < -0.39 is 0 Å². The first-order chi connectivity index (χ1) is 15.7. The molecule has 2 amide bonds. The molecule has 0 radical (unpaired) electrons. The fourth-order valence-electron chi connectivity index (χ4n) is 4.55. The van der Waals surface area contributed by atoms with E-state index in [1.807, 2.05) is 59.5 Å². The fraction of sp³-hybridized carbons (Fsp3) is 0.320. The first-order valence-electron chi connectivity index (χ1n) is 11.3. The number of fused-ring (bicyclic) bond motifs is 1. The average molecular weight is 430 g/mol. The first kappa shape index (κ1) is 20.3. The molecule has 7 nitrogen and oxygen atoms in total. The van der Waals surface area contributed by atoms with Gasteiger partial charge < -0.3 is 15.1 Å². The molecule has 5 rings (SSSR count). The molecule has 0 bridgehead atoms. The lowest BCUT2D eigenvalue weighted by molar-refractivity contribution is 0.0746. The highest BCUT2D eigenvalue weighted by atomic mass is 16.2. The third-order valence-corrected chi connectivity index (χ3v) is 6.35. The summed E-state index contributed by atoms with van der Waals surface area (Å²) in [5.41, 5.74) is 5.26. The summed E-state index contributed by atoms with van der Waals surface area (Å²) in [6.07, 6.45) is 4.12. The summed E-state index contributed by atoms with van der Waals surface area (Å²) in [7, 11) is 0. The summed E-state index contributed by atoms with van der Waals surface area (Å²) in [6.45, 7) is 2.94. The number of amides is 2. The number of anilines is 2. The number of hydrogen-bond donors (Lipinski definition) is 2. The van der Waals surface area contributed by atoms with Gasteiger partial charge in [-0.05, 0) is 62.1 Å². The van der Waals surface area contributed by atoms with Crippen LogP contribution in [0.25, 0.3) is 0 Å². The van der Waals surface area contributed by atoms with E-state index in [-0.39, 0.29) is 11.8 Å². The molecule has 1 aliphatic heterocycles. The Hall–Kier alpha value is -3.61. The Bertz CT molecular complexity index is 1100. The Morgan fingerprint density at radius 1 is 0.875 bits per heavy atom. The van der Waals surface area contributed by atoms with E-state index in [0.717, 1.165) is 67.0 Å². The quantitative estimate of drug-likeness (QED) is 0.665. The molecule has 2 aliphatic rings. The molecule has 0 atom stereocenters. The second-order valence-corrected chi connectivity index (χ2v) is 8.38. The smallest absolute Gasteiger partial charge is 0.276 e. The van der Waals surface area contributed by atoms with Crippen LogP contribution in [0.3, 0.4) is 0 Å². The van der Waals surface area contributed by atoms with Crippen LogP contribution in [0.4, 0.5) is 11.4 Å². The molecule has 1 fully saturated rings. The van der Waals surface area contributed by atoms with Crippen LogP contribution in [0.15, 0.2) is 54.6 Å². The van der Waals surface area contributed by atoms with Crippen LogP contribution in [0.1, 0.15) is 44.9 Å². The van der Waals surface area contributed by atoms with Gasteiger partial charge in [-0.2, -0.15) is 5.10 Å². The van der Waals surface area contributed by atoms with Gasteiger partial charge in [0.25, 0.3) is 11.8 Å². The number of aromatic nitrogens is 2. The van der Waals surface area contributed by atoms with Crippen LogP contribution in [-0.4, -0.2) is 53.1 Å². The van der Waals surface area contributed by atoms with Crippen molar-refractivity contribution in [1.82, 2.24) is 15.1 Å². The van der Waals surface area contributed by atoms with Crippen molar-refractivity contribution in [3.05, 3.63) is 77.1 Å². The highest BCUT2D eigenvalue weighted by Crippen LogP contribution is 2.24. The van der Waals surface area contributed by atoms with Crippen molar-refractivity contribution in [2.45, 2.75) is 25.7 Å². The van der Waals surface area contributed by atoms with Crippen LogP contribution in [0.5, 0.6) is 0 Å². The maximum Gasteiger partial charge on any atom is 0.276 e. The third kappa shape index (κ3) is 4.10. The van der Waals surface area contributed by atoms with Crippen molar-refractivity contribution in [2.75, 3.05) is 36.4 Å². The zero-order valence-electron chi connectivity index (χ0n) is 18.0. The van der Waals surface area contributed by atoms with E-state index in [0.29, 0.717) is 18.8 Å². The molecule has 1 saturated heterocycles. The molecule has 0 saturated carbocycles. The molecule has 2 aromatic carbocycles. The van der Waals surface area contributed by atoms with Crippen LogP contribution in [-0.2, 0) is 12.8 Å². The van der Waals surface area contributed by atoms with Gasteiger partial charge in [-0.15, -0.1) is 0 Å². The van der Waals surface area contributed by atoms with Crippen LogP contribution < -0.4 is 10.2 Å². The fourth-order valence-corrected chi connectivity index (χ4v) is 4.55.